The molecule has 2 rings (SSSR count). The Morgan fingerprint density at radius 3 is 2.56 bits per heavy atom. The smallest absolute Gasteiger partial charge is 0.247 e. The van der Waals surface area contributed by atoms with E-state index in [2.05, 4.69) is 28.1 Å². The third kappa shape index (κ3) is 6.75. The Morgan fingerprint density at radius 2 is 1.84 bits per heavy atom. The summed E-state index contributed by atoms with van der Waals surface area (Å²) in [4.78, 5) is 17.1. The zero-order chi connectivity index (χ0) is 17.8. The van der Waals surface area contributed by atoms with Crippen molar-refractivity contribution in [1.29, 1.82) is 0 Å². The van der Waals surface area contributed by atoms with Crippen LogP contribution in [0.25, 0.3) is 0 Å². The summed E-state index contributed by atoms with van der Waals surface area (Å²) in [7, 11) is 0. The first-order valence-corrected chi connectivity index (χ1v) is 9.99. The van der Waals surface area contributed by atoms with Crippen molar-refractivity contribution in [3.63, 3.8) is 0 Å². The summed E-state index contributed by atoms with van der Waals surface area (Å²) in [5.74, 6) is 0.650. The van der Waals surface area contributed by atoms with Crippen LogP contribution in [0.5, 0.6) is 0 Å². The standard InChI is InChI=1S/C20H34N4O/c1-2-3-4-5-6-11-17-22-24-20(14-9-7-10-15-20)19(25)23-18-13-8-12-16-21-18/h8,12-13,16,22,24H,2-7,9-11,14-15,17H2,1H3,(H,21,23,25). The Kier molecular flexibility index (Phi) is 8.91. The first-order valence-electron chi connectivity index (χ1n) is 9.99. The van der Waals surface area contributed by atoms with E-state index >= 15 is 0 Å². The molecule has 0 saturated heterocycles. The quantitative estimate of drug-likeness (QED) is 0.415. The highest BCUT2D eigenvalue weighted by atomic mass is 16.2. The van der Waals surface area contributed by atoms with Crippen LogP contribution < -0.4 is 16.2 Å². The van der Waals surface area contributed by atoms with E-state index in [0.717, 1.165) is 38.6 Å². The molecule has 1 aliphatic carbocycles. The van der Waals surface area contributed by atoms with Gasteiger partial charge in [-0.3, -0.25) is 10.2 Å². The Morgan fingerprint density at radius 1 is 1.08 bits per heavy atom. The predicted molar refractivity (Wildman–Crippen MR) is 103 cm³/mol. The fraction of sp³-hybridized carbons (Fsp3) is 0.700. The number of aromatic nitrogens is 1. The van der Waals surface area contributed by atoms with Crippen molar-refractivity contribution in [2.75, 3.05) is 11.9 Å². The topological polar surface area (TPSA) is 66.0 Å². The minimum Gasteiger partial charge on any atom is -0.309 e. The van der Waals surface area contributed by atoms with Gasteiger partial charge < -0.3 is 5.32 Å². The second-order valence-corrected chi connectivity index (χ2v) is 7.13. The highest BCUT2D eigenvalue weighted by Crippen LogP contribution is 2.29. The number of nitrogens with zero attached hydrogens (tertiary/aromatic N) is 1. The molecule has 140 valence electrons. The maximum Gasteiger partial charge on any atom is 0.247 e. The van der Waals surface area contributed by atoms with Crippen LogP contribution in [0.1, 0.15) is 77.6 Å². The van der Waals surface area contributed by atoms with E-state index in [1.807, 2.05) is 18.2 Å². The van der Waals surface area contributed by atoms with Crippen LogP contribution in [-0.2, 0) is 4.79 Å². The molecule has 5 nitrogen and oxygen atoms in total. The summed E-state index contributed by atoms with van der Waals surface area (Å²) in [5.41, 5.74) is 6.17. The number of pyridine rings is 1. The summed E-state index contributed by atoms with van der Waals surface area (Å²) in [6.07, 6.45) is 14.5. The van der Waals surface area contributed by atoms with E-state index in [-0.39, 0.29) is 5.91 Å². The second kappa shape index (κ2) is 11.2. The van der Waals surface area contributed by atoms with Crippen molar-refractivity contribution < 1.29 is 4.79 Å². The lowest BCUT2D eigenvalue weighted by atomic mass is 9.81. The molecule has 1 saturated carbocycles. The van der Waals surface area contributed by atoms with E-state index in [1.165, 1.54) is 38.5 Å². The number of rotatable bonds is 11. The van der Waals surface area contributed by atoms with Crippen LogP contribution >= 0.6 is 0 Å². The van der Waals surface area contributed by atoms with Gasteiger partial charge in [0.05, 0.1) is 0 Å². The van der Waals surface area contributed by atoms with Gasteiger partial charge in [-0.2, -0.15) is 0 Å². The number of amides is 1. The summed E-state index contributed by atoms with van der Waals surface area (Å²) in [6.45, 7) is 3.15. The Hall–Kier alpha value is -1.46. The third-order valence-corrected chi connectivity index (χ3v) is 5.03. The monoisotopic (exact) mass is 346 g/mol. The summed E-state index contributed by atoms with van der Waals surface area (Å²) >= 11 is 0. The molecule has 0 aromatic carbocycles. The van der Waals surface area contributed by atoms with Crippen molar-refractivity contribution in [3.05, 3.63) is 24.4 Å². The molecule has 0 radical (unpaired) electrons. The van der Waals surface area contributed by atoms with Crippen LogP contribution in [0.15, 0.2) is 24.4 Å². The molecule has 1 amide bonds. The number of anilines is 1. The van der Waals surface area contributed by atoms with E-state index < -0.39 is 5.54 Å². The van der Waals surface area contributed by atoms with Crippen LogP contribution in [0.3, 0.4) is 0 Å². The number of hydrogen-bond donors (Lipinski definition) is 3. The zero-order valence-corrected chi connectivity index (χ0v) is 15.7. The summed E-state index contributed by atoms with van der Waals surface area (Å²) in [5, 5.41) is 2.98. The predicted octanol–water partition coefficient (Wildman–Crippen LogP) is 4.18. The average Bonchev–Trinajstić information content (AvgIpc) is 2.65. The van der Waals surface area contributed by atoms with Gasteiger partial charge in [-0.1, -0.05) is 64.4 Å². The summed E-state index contributed by atoms with van der Waals surface area (Å²) < 4.78 is 0. The van der Waals surface area contributed by atoms with E-state index in [1.54, 1.807) is 6.20 Å². The Balaban J connectivity index is 1.78. The van der Waals surface area contributed by atoms with E-state index in [4.69, 9.17) is 0 Å². The minimum atomic E-state index is -0.516. The molecule has 25 heavy (non-hydrogen) atoms. The Labute approximate surface area is 152 Å². The van der Waals surface area contributed by atoms with Gasteiger partial charge in [-0.15, -0.1) is 0 Å². The molecule has 1 heterocycles. The van der Waals surface area contributed by atoms with Gasteiger partial charge in [0.25, 0.3) is 0 Å². The number of carbonyl (C=O) groups is 1. The molecule has 0 bridgehead atoms. The van der Waals surface area contributed by atoms with Crippen molar-refractivity contribution in [1.82, 2.24) is 15.8 Å². The number of carbonyl (C=O) groups excluding carboxylic acids is 1. The normalized spacial score (nSPS) is 16.5. The molecule has 0 atom stereocenters. The minimum absolute atomic E-state index is 0.0290. The molecular formula is C20H34N4O. The van der Waals surface area contributed by atoms with Gasteiger partial charge in [0.1, 0.15) is 11.4 Å². The molecular weight excluding hydrogens is 312 g/mol. The van der Waals surface area contributed by atoms with Gasteiger partial charge in [0.2, 0.25) is 5.91 Å². The van der Waals surface area contributed by atoms with Crippen molar-refractivity contribution in [2.45, 2.75) is 83.1 Å². The zero-order valence-electron chi connectivity index (χ0n) is 15.7. The molecule has 1 aromatic rings. The lowest BCUT2D eigenvalue weighted by molar-refractivity contribution is -0.124. The maximum atomic E-state index is 12.9. The van der Waals surface area contributed by atoms with Crippen LogP contribution in [0.2, 0.25) is 0 Å². The van der Waals surface area contributed by atoms with E-state index in [0.29, 0.717) is 5.82 Å². The fourth-order valence-corrected chi connectivity index (χ4v) is 3.46. The second-order valence-electron chi connectivity index (χ2n) is 7.13. The number of nitrogens with one attached hydrogen (secondary N) is 3. The van der Waals surface area contributed by atoms with Gasteiger partial charge in [0.15, 0.2) is 0 Å². The maximum absolute atomic E-state index is 12.9. The summed E-state index contributed by atoms with van der Waals surface area (Å²) in [6, 6.07) is 5.57. The molecule has 3 N–H and O–H groups in total. The van der Waals surface area contributed by atoms with Crippen LogP contribution in [0, 0.1) is 0 Å². The number of unbranched alkanes of at least 4 members (excludes halogenated alkanes) is 5. The third-order valence-electron chi connectivity index (χ3n) is 5.03. The highest BCUT2D eigenvalue weighted by Gasteiger charge is 2.39. The fourth-order valence-electron chi connectivity index (χ4n) is 3.46. The van der Waals surface area contributed by atoms with Gasteiger partial charge >= 0.3 is 0 Å². The van der Waals surface area contributed by atoms with Crippen molar-refractivity contribution in [2.24, 2.45) is 0 Å². The first kappa shape index (κ1) is 19.9. The highest BCUT2D eigenvalue weighted by molar-refractivity contribution is 5.97. The number of hydrazine groups is 1. The lowest BCUT2D eigenvalue weighted by Crippen LogP contribution is -2.60. The van der Waals surface area contributed by atoms with Gasteiger partial charge in [0, 0.05) is 12.7 Å². The van der Waals surface area contributed by atoms with Crippen molar-refractivity contribution >= 4 is 11.7 Å². The van der Waals surface area contributed by atoms with Crippen molar-refractivity contribution in [3.8, 4) is 0 Å². The molecule has 0 unspecified atom stereocenters. The molecule has 0 aliphatic heterocycles. The molecule has 0 spiro atoms. The van der Waals surface area contributed by atoms with Crippen LogP contribution in [-0.4, -0.2) is 23.0 Å². The lowest BCUT2D eigenvalue weighted by Gasteiger charge is -2.36. The van der Waals surface area contributed by atoms with E-state index in [9.17, 15) is 4.79 Å². The van der Waals surface area contributed by atoms with Crippen LogP contribution in [0.4, 0.5) is 5.82 Å². The Bertz CT molecular complexity index is 486. The molecule has 1 aromatic heterocycles. The molecule has 1 aliphatic rings. The first-order chi connectivity index (χ1) is 12.3. The molecule has 1 fully saturated rings. The number of hydrogen-bond acceptors (Lipinski definition) is 4. The molecule has 5 heteroatoms. The van der Waals surface area contributed by atoms with Gasteiger partial charge in [-0.25, -0.2) is 10.4 Å². The van der Waals surface area contributed by atoms with Gasteiger partial charge in [-0.05, 0) is 31.4 Å². The average molecular weight is 347 g/mol. The SMILES string of the molecule is CCCCCCCCNNC1(C(=O)Nc2ccccn2)CCCCC1. The largest absolute Gasteiger partial charge is 0.309 e.